The van der Waals surface area contributed by atoms with E-state index >= 15 is 0 Å². The fourth-order valence-corrected chi connectivity index (χ4v) is 2.46. The van der Waals surface area contributed by atoms with E-state index in [0.29, 0.717) is 5.75 Å². The van der Waals surface area contributed by atoms with Crippen molar-refractivity contribution in [2.45, 2.75) is 13.0 Å². The Balaban J connectivity index is 1.71. The lowest BCUT2D eigenvalue weighted by Crippen LogP contribution is -2.39. The van der Waals surface area contributed by atoms with Crippen LogP contribution in [-0.4, -0.2) is 25.0 Å². The first-order chi connectivity index (χ1) is 11.5. The van der Waals surface area contributed by atoms with Gasteiger partial charge in [0.1, 0.15) is 5.75 Å². The fourth-order valence-electron chi connectivity index (χ4n) is 2.05. The molecule has 0 heterocycles. The molecule has 2 amide bonds. The summed E-state index contributed by atoms with van der Waals surface area (Å²) in [6, 6.07) is 16.6. The molecule has 1 unspecified atom stereocenters. The van der Waals surface area contributed by atoms with Gasteiger partial charge in [-0.25, -0.2) is 0 Å². The van der Waals surface area contributed by atoms with Crippen molar-refractivity contribution in [3.8, 4) is 5.75 Å². The summed E-state index contributed by atoms with van der Waals surface area (Å²) < 4.78 is 6.27. The molecule has 2 N–H and O–H groups in total. The van der Waals surface area contributed by atoms with Crippen molar-refractivity contribution >= 4 is 27.7 Å². The number of benzene rings is 2. The molecular formula is C18H19BrN2O3. The zero-order chi connectivity index (χ0) is 17.4. The minimum atomic E-state index is -0.343. The maximum atomic E-state index is 11.9. The van der Waals surface area contributed by atoms with E-state index in [9.17, 15) is 9.59 Å². The molecule has 1 atom stereocenters. The van der Waals surface area contributed by atoms with Gasteiger partial charge in [-0.3, -0.25) is 9.59 Å². The number of ether oxygens (including phenoxy) is 1. The Kier molecular flexibility index (Phi) is 6.81. The number of rotatable bonds is 7. The van der Waals surface area contributed by atoms with E-state index < -0.39 is 0 Å². The van der Waals surface area contributed by atoms with Gasteiger partial charge in [0.05, 0.1) is 12.6 Å². The highest BCUT2D eigenvalue weighted by Crippen LogP contribution is 2.17. The predicted octanol–water partition coefficient (Wildman–Crippen LogP) is 2.82. The maximum absolute atomic E-state index is 11.9. The first kappa shape index (κ1) is 18.0. The molecule has 2 rings (SSSR count). The van der Waals surface area contributed by atoms with Gasteiger partial charge in [-0.1, -0.05) is 46.3 Å². The average Bonchev–Trinajstić information content (AvgIpc) is 2.59. The number of carbonyl (C=O) groups is 2. The first-order valence-electron chi connectivity index (χ1n) is 7.54. The number of amides is 2. The highest BCUT2D eigenvalue weighted by Gasteiger charge is 2.11. The van der Waals surface area contributed by atoms with Gasteiger partial charge in [0, 0.05) is 4.47 Å². The van der Waals surface area contributed by atoms with Crippen molar-refractivity contribution in [2.24, 2.45) is 0 Å². The molecule has 126 valence electrons. The predicted molar refractivity (Wildman–Crippen MR) is 95.6 cm³/mol. The molecule has 0 fully saturated rings. The van der Waals surface area contributed by atoms with Crippen LogP contribution in [0.1, 0.15) is 18.5 Å². The molecular weight excluding hydrogens is 372 g/mol. The molecule has 0 saturated carbocycles. The Labute approximate surface area is 149 Å². The summed E-state index contributed by atoms with van der Waals surface area (Å²) in [6.45, 7) is 1.67. The van der Waals surface area contributed by atoms with Crippen LogP contribution < -0.4 is 15.4 Å². The van der Waals surface area contributed by atoms with Gasteiger partial charge in [0.2, 0.25) is 5.91 Å². The molecule has 6 heteroatoms. The first-order valence-corrected chi connectivity index (χ1v) is 8.33. The normalized spacial score (nSPS) is 11.4. The molecule has 24 heavy (non-hydrogen) atoms. The van der Waals surface area contributed by atoms with Crippen molar-refractivity contribution in [2.75, 3.05) is 13.2 Å². The number of hydrogen-bond donors (Lipinski definition) is 2. The van der Waals surface area contributed by atoms with Crippen molar-refractivity contribution < 1.29 is 14.3 Å². The monoisotopic (exact) mass is 390 g/mol. The number of para-hydroxylation sites is 1. The molecule has 0 bridgehead atoms. The smallest absolute Gasteiger partial charge is 0.258 e. The lowest BCUT2D eigenvalue weighted by molar-refractivity contribution is -0.127. The Hall–Kier alpha value is -2.34. The van der Waals surface area contributed by atoms with E-state index in [1.165, 1.54) is 0 Å². The van der Waals surface area contributed by atoms with Gasteiger partial charge in [-0.15, -0.1) is 0 Å². The van der Waals surface area contributed by atoms with E-state index in [2.05, 4.69) is 26.6 Å². The second-order valence-electron chi connectivity index (χ2n) is 5.22. The molecule has 0 aliphatic carbocycles. The fraction of sp³-hybridized carbons (Fsp3) is 0.222. The average molecular weight is 391 g/mol. The number of hydrogen-bond acceptors (Lipinski definition) is 3. The molecule has 0 aliphatic heterocycles. The summed E-state index contributed by atoms with van der Waals surface area (Å²) >= 11 is 3.40. The second-order valence-corrected chi connectivity index (χ2v) is 6.14. The van der Waals surface area contributed by atoms with E-state index in [4.69, 9.17) is 4.74 Å². The summed E-state index contributed by atoms with van der Waals surface area (Å²) in [7, 11) is 0. The Morgan fingerprint density at radius 2 is 1.83 bits per heavy atom. The molecule has 0 saturated heterocycles. The maximum Gasteiger partial charge on any atom is 0.258 e. The van der Waals surface area contributed by atoms with Crippen molar-refractivity contribution in [1.82, 2.24) is 10.6 Å². The minimum absolute atomic E-state index is 0.0880. The summed E-state index contributed by atoms with van der Waals surface area (Å²) in [5, 5.41) is 5.37. The second kappa shape index (κ2) is 9.08. The van der Waals surface area contributed by atoms with Crippen LogP contribution >= 0.6 is 15.9 Å². The summed E-state index contributed by atoms with van der Waals surface area (Å²) in [4.78, 5) is 23.6. The van der Waals surface area contributed by atoms with Gasteiger partial charge in [-0.05, 0) is 36.8 Å². The van der Waals surface area contributed by atoms with Crippen LogP contribution in [0.4, 0.5) is 0 Å². The summed E-state index contributed by atoms with van der Waals surface area (Å²) in [5.41, 5.74) is 0.983. The van der Waals surface area contributed by atoms with Crippen LogP contribution in [0.15, 0.2) is 59.1 Å². The molecule has 0 spiro atoms. The largest absolute Gasteiger partial charge is 0.484 e. The molecule has 2 aromatic carbocycles. The summed E-state index contributed by atoms with van der Waals surface area (Å²) in [6.07, 6.45) is 0. The zero-order valence-electron chi connectivity index (χ0n) is 13.3. The van der Waals surface area contributed by atoms with Gasteiger partial charge in [0.25, 0.3) is 5.91 Å². The van der Waals surface area contributed by atoms with Crippen LogP contribution in [0.5, 0.6) is 5.75 Å². The molecule has 5 nitrogen and oxygen atoms in total. The van der Waals surface area contributed by atoms with Crippen molar-refractivity contribution in [3.05, 3.63) is 64.6 Å². The SMILES string of the molecule is CC(NC(=O)CNC(=O)COc1ccccc1)c1cccc(Br)c1. The van der Waals surface area contributed by atoms with Crippen LogP contribution in [-0.2, 0) is 9.59 Å². The van der Waals surface area contributed by atoms with Crippen molar-refractivity contribution in [3.63, 3.8) is 0 Å². The Morgan fingerprint density at radius 1 is 1.08 bits per heavy atom. The van der Waals surface area contributed by atoms with Gasteiger partial charge in [-0.2, -0.15) is 0 Å². The van der Waals surface area contributed by atoms with E-state index in [1.807, 2.05) is 49.4 Å². The highest BCUT2D eigenvalue weighted by molar-refractivity contribution is 9.10. The minimum Gasteiger partial charge on any atom is -0.484 e. The van der Waals surface area contributed by atoms with Gasteiger partial charge in [0.15, 0.2) is 6.61 Å². The zero-order valence-corrected chi connectivity index (χ0v) is 14.9. The Morgan fingerprint density at radius 3 is 2.54 bits per heavy atom. The highest BCUT2D eigenvalue weighted by atomic mass is 79.9. The number of carbonyl (C=O) groups excluding carboxylic acids is 2. The van der Waals surface area contributed by atoms with Gasteiger partial charge >= 0.3 is 0 Å². The molecule has 2 aromatic rings. The van der Waals surface area contributed by atoms with E-state index in [1.54, 1.807) is 12.1 Å². The lowest BCUT2D eigenvalue weighted by Gasteiger charge is -2.15. The number of halogens is 1. The summed E-state index contributed by atoms with van der Waals surface area (Å²) in [5.74, 6) is 0.0139. The van der Waals surface area contributed by atoms with Crippen LogP contribution in [0.25, 0.3) is 0 Å². The van der Waals surface area contributed by atoms with Crippen molar-refractivity contribution in [1.29, 1.82) is 0 Å². The van der Waals surface area contributed by atoms with E-state index in [-0.39, 0.29) is 31.0 Å². The van der Waals surface area contributed by atoms with Crippen LogP contribution in [0, 0.1) is 0 Å². The quantitative estimate of drug-likeness (QED) is 0.763. The third-order valence-corrected chi connectivity index (χ3v) is 3.78. The van der Waals surface area contributed by atoms with Crippen LogP contribution in [0.2, 0.25) is 0 Å². The standard InChI is InChI=1S/C18H19BrN2O3/c1-13(14-6-5-7-15(19)10-14)21-17(22)11-20-18(23)12-24-16-8-3-2-4-9-16/h2-10,13H,11-12H2,1H3,(H,20,23)(H,21,22). The third-order valence-electron chi connectivity index (χ3n) is 3.29. The molecule has 0 aliphatic rings. The molecule has 0 aromatic heterocycles. The van der Waals surface area contributed by atoms with Gasteiger partial charge < -0.3 is 15.4 Å². The topological polar surface area (TPSA) is 67.4 Å². The molecule has 0 radical (unpaired) electrons. The Bertz CT molecular complexity index is 692. The lowest BCUT2D eigenvalue weighted by atomic mass is 10.1. The van der Waals surface area contributed by atoms with E-state index in [0.717, 1.165) is 10.0 Å². The number of nitrogens with one attached hydrogen (secondary N) is 2. The third kappa shape index (κ3) is 6.04. The van der Waals surface area contributed by atoms with Crippen LogP contribution in [0.3, 0.4) is 0 Å².